The normalized spacial score (nSPS) is 12.4. The van der Waals surface area contributed by atoms with Crippen molar-refractivity contribution in [3.05, 3.63) is 174 Å². The maximum atomic E-state index is 2.43. The van der Waals surface area contributed by atoms with Gasteiger partial charge in [-0.05, 0) is 174 Å². The first-order valence-corrected chi connectivity index (χ1v) is 19.7. The molecule has 8 aromatic carbocycles. The summed E-state index contributed by atoms with van der Waals surface area (Å²) in [5, 5.41) is 5.06. The second kappa shape index (κ2) is 12.8. The number of nitrogens with zero attached hydrogens (tertiary/aromatic N) is 1. The number of hydrogen-bond acceptors (Lipinski definition) is 1. The number of rotatable bonds is 5. The van der Waals surface area contributed by atoms with E-state index in [1.807, 2.05) is 0 Å². The van der Waals surface area contributed by atoms with Crippen LogP contribution in [0.2, 0.25) is 0 Å². The lowest BCUT2D eigenvalue weighted by molar-refractivity contribution is 0.590. The van der Waals surface area contributed by atoms with Gasteiger partial charge in [-0.3, -0.25) is 0 Å². The first-order chi connectivity index (χ1) is 26.3. The highest BCUT2D eigenvalue weighted by molar-refractivity contribution is 6.13. The minimum atomic E-state index is 0.105. The molecule has 0 saturated carbocycles. The van der Waals surface area contributed by atoms with Crippen LogP contribution in [-0.2, 0) is 10.8 Å². The number of hydrogen-bond donors (Lipinski definition) is 0. The Morgan fingerprint density at radius 2 is 0.764 bits per heavy atom. The molecule has 9 rings (SSSR count). The number of para-hydroxylation sites is 2. The summed E-state index contributed by atoms with van der Waals surface area (Å²) in [4.78, 5) is 2.41. The Bertz CT molecular complexity index is 2730. The fraction of sp³-hybridized carbons (Fsp3) is 0.185. The second-order valence-corrected chi connectivity index (χ2v) is 17.6. The fourth-order valence-corrected chi connectivity index (χ4v) is 8.52. The summed E-state index contributed by atoms with van der Waals surface area (Å²) in [5.74, 6) is 0. The maximum Gasteiger partial charge on any atom is 0.0519 e. The molecule has 0 spiro atoms. The van der Waals surface area contributed by atoms with Gasteiger partial charge >= 0.3 is 0 Å². The van der Waals surface area contributed by atoms with E-state index in [1.165, 1.54) is 99.7 Å². The van der Waals surface area contributed by atoms with Crippen molar-refractivity contribution in [2.75, 3.05) is 4.90 Å². The van der Waals surface area contributed by atoms with Crippen molar-refractivity contribution in [2.45, 2.75) is 66.2 Å². The van der Waals surface area contributed by atoms with Crippen LogP contribution < -0.4 is 4.90 Å². The summed E-state index contributed by atoms with van der Waals surface area (Å²) >= 11 is 0. The predicted octanol–water partition coefficient (Wildman–Crippen LogP) is 15.7. The van der Waals surface area contributed by atoms with Crippen LogP contribution in [0.5, 0.6) is 0 Å². The SMILES string of the molecule is Cc1cccc(C)c1N(c1ccccc1)c1ccc2cc3c(cc2c1)-c1cc2cc(-c4ccc(C(C)(C)C)cc4)c(-c4ccc(C(C)(C)C)cc4)cc2cc1-3. The smallest absolute Gasteiger partial charge is 0.0519 e. The molecule has 0 aromatic heterocycles. The summed E-state index contributed by atoms with van der Waals surface area (Å²) in [6, 6.07) is 57.2. The molecule has 1 aliphatic rings. The largest absolute Gasteiger partial charge is 0.310 e. The van der Waals surface area contributed by atoms with E-state index in [1.54, 1.807) is 0 Å². The molecular weight excluding hydrogens is 663 g/mol. The van der Waals surface area contributed by atoms with E-state index in [0.717, 1.165) is 5.69 Å². The average molecular weight is 712 g/mol. The summed E-state index contributed by atoms with van der Waals surface area (Å²) < 4.78 is 0. The van der Waals surface area contributed by atoms with Gasteiger partial charge in [0.2, 0.25) is 0 Å². The lowest BCUT2D eigenvalue weighted by Gasteiger charge is -2.30. The minimum Gasteiger partial charge on any atom is -0.310 e. The summed E-state index contributed by atoms with van der Waals surface area (Å²) in [7, 11) is 0. The van der Waals surface area contributed by atoms with Crippen molar-refractivity contribution in [1.29, 1.82) is 0 Å². The molecule has 1 nitrogen and oxygen atoms in total. The first kappa shape index (κ1) is 34.8. The standard InChI is InChI=1S/C54H49N/c1-34-13-12-14-35(2)52(34)55(44-15-10-9-11-16-44)45-26-21-38-28-48-49(31-39(38)27-45)51-33-41-30-47(37-19-24-43(25-20-37)54(6,7)8)46(29-40(41)32-50(48)51)36-17-22-42(23-18-36)53(3,4)5/h9-33H,1-8H3. The van der Waals surface area contributed by atoms with E-state index in [9.17, 15) is 0 Å². The van der Waals surface area contributed by atoms with Gasteiger partial charge in [0.25, 0.3) is 0 Å². The van der Waals surface area contributed by atoms with Crippen molar-refractivity contribution >= 4 is 38.6 Å². The zero-order valence-electron chi connectivity index (χ0n) is 33.4. The Morgan fingerprint density at radius 3 is 1.22 bits per heavy atom. The molecule has 0 fully saturated rings. The Labute approximate surface area is 326 Å². The second-order valence-electron chi connectivity index (χ2n) is 17.6. The number of anilines is 3. The van der Waals surface area contributed by atoms with E-state index in [4.69, 9.17) is 0 Å². The topological polar surface area (TPSA) is 3.24 Å². The molecule has 0 saturated heterocycles. The molecule has 55 heavy (non-hydrogen) atoms. The molecule has 0 atom stereocenters. The summed E-state index contributed by atoms with van der Waals surface area (Å²) in [6.45, 7) is 18.1. The van der Waals surface area contributed by atoms with Crippen LogP contribution in [-0.4, -0.2) is 0 Å². The van der Waals surface area contributed by atoms with Crippen molar-refractivity contribution in [1.82, 2.24) is 0 Å². The van der Waals surface area contributed by atoms with Gasteiger partial charge in [0.1, 0.15) is 0 Å². The van der Waals surface area contributed by atoms with E-state index >= 15 is 0 Å². The van der Waals surface area contributed by atoms with Gasteiger partial charge in [0, 0.05) is 11.4 Å². The monoisotopic (exact) mass is 711 g/mol. The van der Waals surface area contributed by atoms with Crippen LogP contribution in [0.4, 0.5) is 17.1 Å². The molecule has 0 bridgehead atoms. The number of fused-ring (bicyclic) bond motifs is 6. The highest BCUT2D eigenvalue weighted by Crippen LogP contribution is 2.52. The summed E-state index contributed by atoms with van der Waals surface area (Å²) in [6.07, 6.45) is 0. The van der Waals surface area contributed by atoms with Gasteiger partial charge < -0.3 is 4.90 Å². The minimum absolute atomic E-state index is 0.105. The van der Waals surface area contributed by atoms with Crippen LogP contribution in [0.15, 0.2) is 152 Å². The van der Waals surface area contributed by atoms with Gasteiger partial charge in [-0.15, -0.1) is 0 Å². The molecule has 0 aliphatic heterocycles. The van der Waals surface area contributed by atoms with E-state index < -0.39 is 0 Å². The van der Waals surface area contributed by atoms with E-state index in [-0.39, 0.29) is 10.8 Å². The highest BCUT2D eigenvalue weighted by atomic mass is 15.1. The van der Waals surface area contributed by atoms with Crippen molar-refractivity contribution in [2.24, 2.45) is 0 Å². The molecule has 8 aromatic rings. The zero-order chi connectivity index (χ0) is 38.2. The van der Waals surface area contributed by atoms with Gasteiger partial charge in [-0.25, -0.2) is 0 Å². The lowest BCUT2D eigenvalue weighted by Crippen LogP contribution is -2.12. The van der Waals surface area contributed by atoms with Gasteiger partial charge in [-0.1, -0.05) is 133 Å². The van der Waals surface area contributed by atoms with Crippen molar-refractivity contribution in [3.8, 4) is 44.5 Å². The van der Waals surface area contributed by atoms with E-state index in [0.29, 0.717) is 0 Å². The molecule has 270 valence electrons. The molecule has 0 radical (unpaired) electrons. The number of aryl methyl sites for hydroxylation is 2. The molecule has 0 N–H and O–H groups in total. The molecular formula is C54H49N. The van der Waals surface area contributed by atoms with Gasteiger partial charge in [0.15, 0.2) is 0 Å². The van der Waals surface area contributed by atoms with Crippen LogP contribution in [0.25, 0.3) is 66.1 Å². The quantitative estimate of drug-likeness (QED) is 0.172. The van der Waals surface area contributed by atoms with Gasteiger partial charge in [-0.2, -0.15) is 0 Å². The molecule has 1 heteroatoms. The van der Waals surface area contributed by atoms with E-state index in [2.05, 4.69) is 212 Å². The van der Waals surface area contributed by atoms with Crippen molar-refractivity contribution < 1.29 is 0 Å². The predicted molar refractivity (Wildman–Crippen MR) is 238 cm³/mol. The van der Waals surface area contributed by atoms with Crippen LogP contribution >= 0.6 is 0 Å². The Kier molecular flexibility index (Phi) is 8.13. The third kappa shape index (κ3) is 6.13. The summed E-state index contributed by atoms with van der Waals surface area (Å²) in [5.41, 5.74) is 19.4. The Morgan fingerprint density at radius 1 is 0.345 bits per heavy atom. The first-order valence-electron chi connectivity index (χ1n) is 19.7. The maximum absolute atomic E-state index is 2.43. The van der Waals surface area contributed by atoms with Crippen LogP contribution in [0.3, 0.4) is 0 Å². The highest BCUT2D eigenvalue weighted by Gasteiger charge is 2.26. The third-order valence-corrected chi connectivity index (χ3v) is 11.7. The Hall–Kier alpha value is -5.92. The molecule has 0 unspecified atom stereocenters. The lowest BCUT2D eigenvalue weighted by atomic mass is 9.77. The molecule has 0 amide bonds. The average Bonchev–Trinajstić information content (AvgIpc) is 3.17. The number of benzene rings is 8. The van der Waals surface area contributed by atoms with Gasteiger partial charge in [0.05, 0.1) is 5.69 Å². The third-order valence-electron chi connectivity index (χ3n) is 11.7. The van der Waals surface area contributed by atoms with Crippen molar-refractivity contribution in [3.63, 3.8) is 0 Å². The molecule has 0 heterocycles. The fourth-order valence-electron chi connectivity index (χ4n) is 8.52. The zero-order valence-corrected chi connectivity index (χ0v) is 33.4. The van der Waals surface area contributed by atoms with Crippen LogP contribution in [0, 0.1) is 13.8 Å². The van der Waals surface area contributed by atoms with Crippen LogP contribution in [0.1, 0.15) is 63.8 Å². The Balaban J connectivity index is 1.16. The molecule has 1 aliphatic carbocycles.